The SMILES string of the molecule is COCCOC(=O)C1=C(C)N(C2CC2)C(=S)NC1c1ccccc1Br. The number of nitrogens with zero attached hydrogens (tertiary/aromatic N) is 1. The topological polar surface area (TPSA) is 50.8 Å². The van der Waals surface area contributed by atoms with E-state index >= 15 is 0 Å². The molecule has 134 valence electrons. The molecule has 0 aromatic heterocycles. The smallest absolute Gasteiger partial charge is 0.338 e. The minimum Gasteiger partial charge on any atom is -0.460 e. The Bertz CT molecular complexity index is 718. The Labute approximate surface area is 161 Å². The maximum absolute atomic E-state index is 12.8. The fourth-order valence-corrected chi connectivity index (χ4v) is 3.95. The first-order valence-electron chi connectivity index (χ1n) is 8.25. The van der Waals surface area contributed by atoms with Crippen molar-refractivity contribution in [3.8, 4) is 0 Å². The lowest BCUT2D eigenvalue weighted by Crippen LogP contribution is -2.48. The zero-order valence-electron chi connectivity index (χ0n) is 14.3. The Morgan fingerprint density at radius 1 is 1.36 bits per heavy atom. The first-order chi connectivity index (χ1) is 12.0. The van der Waals surface area contributed by atoms with Gasteiger partial charge in [0.1, 0.15) is 6.61 Å². The van der Waals surface area contributed by atoms with Gasteiger partial charge in [0.2, 0.25) is 0 Å². The van der Waals surface area contributed by atoms with Crippen molar-refractivity contribution >= 4 is 39.2 Å². The molecule has 1 atom stereocenters. The predicted molar refractivity (Wildman–Crippen MR) is 103 cm³/mol. The van der Waals surface area contributed by atoms with Crippen LogP contribution in [0.4, 0.5) is 0 Å². The maximum atomic E-state index is 12.8. The molecule has 1 aromatic rings. The van der Waals surface area contributed by atoms with E-state index in [1.807, 2.05) is 31.2 Å². The second kappa shape index (κ2) is 7.85. The summed E-state index contributed by atoms with van der Waals surface area (Å²) < 4.78 is 11.3. The molecule has 1 fully saturated rings. The molecule has 5 nitrogen and oxygen atoms in total. The van der Waals surface area contributed by atoms with Gasteiger partial charge < -0.3 is 19.7 Å². The Balaban J connectivity index is 1.99. The average molecular weight is 425 g/mol. The highest BCUT2D eigenvalue weighted by atomic mass is 79.9. The van der Waals surface area contributed by atoms with Crippen LogP contribution in [0.2, 0.25) is 0 Å². The van der Waals surface area contributed by atoms with Gasteiger partial charge in [0.05, 0.1) is 18.2 Å². The van der Waals surface area contributed by atoms with Crippen LogP contribution < -0.4 is 5.32 Å². The van der Waals surface area contributed by atoms with E-state index in [9.17, 15) is 4.79 Å². The van der Waals surface area contributed by atoms with Crippen molar-refractivity contribution in [3.05, 3.63) is 45.6 Å². The van der Waals surface area contributed by atoms with Crippen LogP contribution in [0.25, 0.3) is 0 Å². The number of ether oxygens (including phenoxy) is 2. The number of esters is 1. The summed E-state index contributed by atoms with van der Waals surface area (Å²) in [7, 11) is 1.58. The zero-order valence-corrected chi connectivity index (χ0v) is 16.7. The molecular weight excluding hydrogens is 404 g/mol. The lowest BCUT2D eigenvalue weighted by atomic mass is 9.95. The average Bonchev–Trinajstić information content (AvgIpc) is 3.39. The summed E-state index contributed by atoms with van der Waals surface area (Å²) in [5, 5.41) is 4.00. The van der Waals surface area contributed by atoms with E-state index in [0.29, 0.717) is 23.3 Å². The maximum Gasteiger partial charge on any atom is 0.338 e. The lowest BCUT2D eigenvalue weighted by Gasteiger charge is -2.38. The number of hydrogen-bond acceptors (Lipinski definition) is 4. The number of hydrogen-bond donors (Lipinski definition) is 1. The number of thiocarbonyl (C=S) groups is 1. The molecule has 0 amide bonds. The van der Waals surface area contributed by atoms with Gasteiger partial charge in [0.25, 0.3) is 0 Å². The quantitative estimate of drug-likeness (QED) is 0.429. The summed E-state index contributed by atoms with van der Waals surface area (Å²) in [6, 6.07) is 7.86. The number of allylic oxidation sites excluding steroid dienone is 1. The molecule has 0 radical (unpaired) electrons. The zero-order chi connectivity index (χ0) is 18.0. The highest BCUT2D eigenvalue weighted by Gasteiger charge is 2.41. The van der Waals surface area contributed by atoms with Crippen molar-refractivity contribution in [1.29, 1.82) is 0 Å². The van der Waals surface area contributed by atoms with Crippen molar-refractivity contribution in [2.45, 2.75) is 31.8 Å². The number of nitrogens with one attached hydrogen (secondary N) is 1. The van der Waals surface area contributed by atoms with Gasteiger partial charge in [-0.1, -0.05) is 34.1 Å². The van der Waals surface area contributed by atoms with E-state index in [1.54, 1.807) is 7.11 Å². The van der Waals surface area contributed by atoms with Crippen LogP contribution in [0.3, 0.4) is 0 Å². The number of halogens is 1. The summed E-state index contributed by atoms with van der Waals surface area (Å²) in [5.74, 6) is -0.337. The van der Waals surface area contributed by atoms with Gasteiger partial charge in [-0.15, -0.1) is 0 Å². The molecule has 1 saturated carbocycles. The highest BCUT2D eigenvalue weighted by molar-refractivity contribution is 9.10. The molecule has 0 spiro atoms. The van der Waals surface area contributed by atoms with E-state index in [1.165, 1.54) is 0 Å². The molecule has 1 aromatic carbocycles. The van der Waals surface area contributed by atoms with Gasteiger partial charge in [-0.2, -0.15) is 0 Å². The van der Waals surface area contributed by atoms with Crippen LogP contribution in [0.1, 0.15) is 31.4 Å². The third kappa shape index (κ3) is 3.88. The summed E-state index contributed by atoms with van der Waals surface area (Å²) in [6.45, 7) is 2.54. The minimum absolute atomic E-state index is 0.225. The number of carbonyl (C=O) groups is 1. The normalized spacial score (nSPS) is 20.5. The molecule has 1 unspecified atom stereocenters. The first-order valence-corrected chi connectivity index (χ1v) is 9.45. The van der Waals surface area contributed by atoms with Gasteiger partial charge in [-0.25, -0.2) is 4.79 Å². The third-order valence-corrected chi connectivity index (χ3v) is 5.43. The third-order valence-electron chi connectivity index (χ3n) is 4.40. The van der Waals surface area contributed by atoms with Gasteiger partial charge in [-0.05, 0) is 43.6 Å². The molecule has 25 heavy (non-hydrogen) atoms. The van der Waals surface area contributed by atoms with Gasteiger partial charge >= 0.3 is 5.97 Å². The van der Waals surface area contributed by atoms with Gasteiger partial charge in [0, 0.05) is 23.3 Å². The van der Waals surface area contributed by atoms with Crippen molar-refractivity contribution in [1.82, 2.24) is 10.2 Å². The fourth-order valence-electron chi connectivity index (χ4n) is 3.03. The summed E-state index contributed by atoms with van der Waals surface area (Å²) in [4.78, 5) is 14.9. The van der Waals surface area contributed by atoms with Crippen molar-refractivity contribution in [2.24, 2.45) is 0 Å². The Kier molecular flexibility index (Phi) is 5.76. The molecule has 1 heterocycles. The van der Waals surface area contributed by atoms with Crippen LogP contribution in [-0.4, -0.2) is 42.3 Å². The van der Waals surface area contributed by atoms with Gasteiger partial charge in [-0.3, -0.25) is 0 Å². The van der Waals surface area contributed by atoms with E-state index in [4.69, 9.17) is 21.7 Å². The minimum atomic E-state index is -0.340. The number of rotatable bonds is 6. The van der Waals surface area contributed by atoms with Crippen LogP contribution in [0.15, 0.2) is 40.0 Å². The Hall–Kier alpha value is -1.44. The standard InChI is InChI=1S/C18H21BrN2O3S/c1-11-15(17(22)24-10-9-23-2)16(13-5-3-4-6-14(13)19)20-18(25)21(11)12-7-8-12/h3-6,12,16H,7-10H2,1-2H3,(H,20,25). The molecular formula is C18H21BrN2O3S. The monoisotopic (exact) mass is 424 g/mol. The Morgan fingerprint density at radius 3 is 2.72 bits per heavy atom. The second-order valence-electron chi connectivity index (χ2n) is 6.13. The van der Waals surface area contributed by atoms with E-state index < -0.39 is 0 Å². The largest absolute Gasteiger partial charge is 0.460 e. The van der Waals surface area contributed by atoms with Gasteiger partial charge in [0.15, 0.2) is 5.11 Å². The van der Waals surface area contributed by atoms with Crippen LogP contribution >= 0.6 is 28.1 Å². The van der Waals surface area contributed by atoms with Crippen LogP contribution in [0, 0.1) is 0 Å². The van der Waals surface area contributed by atoms with E-state index in [0.717, 1.165) is 28.6 Å². The predicted octanol–water partition coefficient (Wildman–Crippen LogP) is 3.31. The van der Waals surface area contributed by atoms with Crippen LogP contribution in [0.5, 0.6) is 0 Å². The molecule has 1 N–H and O–H groups in total. The number of benzene rings is 1. The molecule has 3 rings (SSSR count). The molecule has 7 heteroatoms. The van der Waals surface area contributed by atoms with Crippen molar-refractivity contribution in [2.75, 3.05) is 20.3 Å². The first kappa shape index (κ1) is 18.4. The van der Waals surface area contributed by atoms with Crippen LogP contribution in [-0.2, 0) is 14.3 Å². The molecule has 1 aliphatic carbocycles. The number of carbonyl (C=O) groups excluding carboxylic acids is 1. The summed E-state index contributed by atoms with van der Waals surface area (Å²) in [6.07, 6.45) is 2.18. The number of methoxy groups -OCH3 is 1. The Morgan fingerprint density at radius 2 is 2.08 bits per heavy atom. The molecule has 2 aliphatic rings. The van der Waals surface area contributed by atoms with Crippen molar-refractivity contribution < 1.29 is 14.3 Å². The van der Waals surface area contributed by atoms with Crippen molar-refractivity contribution in [3.63, 3.8) is 0 Å². The molecule has 0 saturated heterocycles. The summed E-state index contributed by atoms with van der Waals surface area (Å²) >= 11 is 9.16. The fraction of sp³-hybridized carbons (Fsp3) is 0.444. The highest BCUT2D eigenvalue weighted by Crippen LogP contribution is 2.39. The van der Waals surface area contributed by atoms with E-state index in [-0.39, 0.29) is 18.6 Å². The second-order valence-corrected chi connectivity index (χ2v) is 7.37. The van der Waals surface area contributed by atoms with E-state index in [2.05, 4.69) is 26.1 Å². The molecule has 0 bridgehead atoms. The summed E-state index contributed by atoms with van der Waals surface area (Å²) in [5.41, 5.74) is 2.43. The lowest BCUT2D eigenvalue weighted by molar-refractivity contribution is -0.140. The molecule has 1 aliphatic heterocycles.